The molecule has 0 unspecified atom stereocenters. The van der Waals surface area contributed by atoms with E-state index in [1.54, 1.807) is 24.3 Å². The normalized spacial score (nSPS) is 18.3. The Morgan fingerprint density at radius 3 is 2.38 bits per heavy atom. The van der Waals surface area contributed by atoms with Crippen LogP contribution in [-0.2, 0) is 9.84 Å². The Labute approximate surface area is 170 Å². The van der Waals surface area contributed by atoms with Crippen molar-refractivity contribution in [1.82, 2.24) is 9.97 Å². The number of anilines is 1. The van der Waals surface area contributed by atoms with Gasteiger partial charge in [-0.2, -0.15) is 5.26 Å². The standard InChI is InChI=1S/C22H22N4O2S/c1-16-8-7-13-26(15-16)22-21(24-18-11-5-6-12-19(18)25-22)20(14-23)29(27,28)17-9-3-2-4-10-17/h2-6,9-12,16,20H,7-8,13,15H2,1H3/t16-,20+/m1/s1. The van der Waals surface area contributed by atoms with Crippen molar-refractivity contribution in [2.24, 2.45) is 5.92 Å². The fourth-order valence-electron chi connectivity index (χ4n) is 3.82. The third-order valence-corrected chi connectivity index (χ3v) is 7.16. The van der Waals surface area contributed by atoms with Crippen LogP contribution in [0.1, 0.15) is 30.7 Å². The summed E-state index contributed by atoms with van der Waals surface area (Å²) in [4.78, 5) is 11.6. The number of hydrogen-bond donors (Lipinski definition) is 0. The van der Waals surface area contributed by atoms with Crippen molar-refractivity contribution < 1.29 is 8.42 Å². The van der Waals surface area contributed by atoms with Gasteiger partial charge >= 0.3 is 0 Å². The molecule has 29 heavy (non-hydrogen) atoms. The number of aromatic nitrogens is 2. The lowest BCUT2D eigenvalue weighted by molar-refractivity contribution is 0.443. The minimum absolute atomic E-state index is 0.111. The highest BCUT2D eigenvalue weighted by Crippen LogP contribution is 2.35. The molecule has 2 aromatic carbocycles. The van der Waals surface area contributed by atoms with Gasteiger partial charge < -0.3 is 4.90 Å². The lowest BCUT2D eigenvalue weighted by atomic mass is 10.00. The first-order valence-corrected chi connectivity index (χ1v) is 11.3. The van der Waals surface area contributed by atoms with E-state index in [1.165, 1.54) is 12.1 Å². The minimum atomic E-state index is -3.94. The molecular formula is C22H22N4O2S. The third kappa shape index (κ3) is 3.68. The summed E-state index contributed by atoms with van der Waals surface area (Å²) in [5.41, 5.74) is 1.49. The maximum atomic E-state index is 13.3. The summed E-state index contributed by atoms with van der Waals surface area (Å²) in [5.74, 6) is 0.970. The first-order valence-electron chi connectivity index (χ1n) is 9.71. The predicted octanol–water partition coefficient (Wildman–Crippen LogP) is 3.90. The van der Waals surface area contributed by atoms with Crippen molar-refractivity contribution in [1.29, 1.82) is 5.26 Å². The van der Waals surface area contributed by atoms with Crippen LogP contribution in [0.25, 0.3) is 11.0 Å². The van der Waals surface area contributed by atoms with E-state index >= 15 is 0 Å². The third-order valence-electron chi connectivity index (χ3n) is 5.28. The Balaban J connectivity index is 1.90. The number of rotatable bonds is 4. The fraction of sp³-hybridized carbons (Fsp3) is 0.318. The molecule has 2 atom stereocenters. The van der Waals surface area contributed by atoms with Gasteiger partial charge in [0.15, 0.2) is 11.1 Å². The number of nitrogens with zero attached hydrogens (tertiary/aromatic N) is 4. The highest BCUT2D eigenvalue weighted by molar-refractivity contribution is 7.92. The minimum Gasteiger partial charge on any atom is -0.355 e. The van der Waals surface area contributed by atoms with Gasteiger partial charge in [0.05, 0.1) is 22.0 Å². The first-order chi connectivity index (χ1) is 14.0. The number of hydrogen-bond acceptors (Lipinski definition) is 6. The SMILES string of the molecule is C[C@@H]1CCCN(c2nc3ccccc3nc2[C@H](C#N)S(=O)(=O)c2ccccc2)C1. The van der Waals surface area contributed by atoms with E-state index in [4.69, 9.17) is 4.98 Å². The average molecular weight is 407 g/mol. The van der Waals surface area contributed by atoms with Crippen LogP contribution in [0.5, 0.6) is 0 Å². The van der Waals surface area contributed by atoms with Crippen molar-refractivity contribution in [2.45, 2.75) is 29.9 Å². The van der Waals surface area contributed by atoms with E-state index in [9.17, 15) is 13.7 Å². The summed E-state index contributed by atoms with van der Waals surface area (Å²) in [7, 11) is -3.94. The second kappa shape index (κ2) is 7.80. The van der Waals surface area contributed by atoms with Gasteiger partial charge in [-0.25, -0.2) is 18.4 Å². The molecule has 7 heteroatoms. The molecule has 3 aromatic rings. The average Bonchev–Trinajstić information content (AvgIpc) is 2.74. The van der Waals surface area contributed by atoms with Crippen LogP contribution in [-0.4, -0.2) is 31.5 Å². The first kappa shape index (κ1) is 19.3. The van der Waals surface area contributed by atoms with Gasteiger partial charge in [-0.3, -0.25) is 0 Å². The van der Waals surface area contributed by atoms with Gasteiger partial charge in [-0.1, -0.05) is 37.3 Å². The Morgan fingerprint density at radius 2 is 1.72 bits per heavy atom. The zero-order valence-corrected chi connectivity index (χ0v) is 17.0. The molecule has 0 saturated carbocycles. The fourth-order valence-corrected chi connectivity index (χ4v) is 5.22. The zero-order valence-electron chi connectivity index (χ0n) is 16.2. The van der Waals surface area contributed by atoms with Crippen LogP contribution in [0.2, 0.25) is 0 Å². The molecule has 1 aromatic heterocycles. The van der Waals surface area contributed by atoms with Gasteiger partial charge in [-0.15, -0.1) is 0 Å². The van der Waals surface area contributed by atoms with Gasteiger partial charge in [-0.05, 0) is 43.0 Å². The molecule has 0 N–H and O–H groups in total. The second-order valence-electron chi connectivity index (χ2n) is 7.48. The topological polar surface area (TPSA) is 86.9 Å². The molecule has 0 spiro atoms. The maximum Gasteiger partial charge on any atom is 0.200 e. The Hall–Kier alpha value is -2.98. The van der Waals surface area contributed by atoms with Gasteiger partial charge in [0.25, 0.3) is 0 Å². The van der Waals surface area contributed by atoms with Gasteiger partial charge in [0, 0.05) is 13.1 Å². The summed E-state index contributed by atoms with van der Waals surface area (Å²) in [6.07, 6.45) is 2.12. The number of piperidine rings is 1. The smallest absolute Gasteiger partial charge is 0.200 e. The lowest BCUT2D eigenvalue weighted by Gasteiger charge is -2.33. The van der Waals surface area contributed by atoms with Crippen LogP contribution in [0.15, 0.2) is 59.5 Å². The molecule has 0 aliphatic carbocycles. The van der Waals surface area contributed by atoms with Gasteiger partial charge in [0.1, 0.15) is 5.69 Å². The summed E-state index contributed by atoms with van der Waals surface area (Å²) in [6.45, 7) is 3.71. The van der Waals surface area contributed by atoms with E-state index in [0.717, 1.165) is 25.9 Å². The van der Waals surface area contributed by atoms with Crippen molar-refractivity contribution >= 4 is 26.7 Å². The number of nitriles is 1. The highest BCUT2D eigenvalue weighted by Gasteiger charge is 2.35. The molecule has 1 aliphatic rings. The Morgan fingerprint density at radius 1 is 1.07 bits per heavy atom. The van der Waals surface area contributed by atoms with E-state index in [2.05, 4.69) is 16.8 Å². The van der Waals surface area contributed by atoms with Crippen LogP contribution in [0, 0.1) is 17.2 Å². The monoisotopic (exact) mass is 406 g/mol. The molecule has 0 amide bonds. The van der Waals surface area contributed by atoms with Crippen LogP contribution in [0.3, 0.4) is 0 Å². The van der Waals surface area contributed by atoms with Crippen molar-refractivity contribution in [3.63, 3.8) is 0 Å². The van der Waals surface area contributed by atoms with Crippen molar-refractivity contribution in [2.75, 3.05) is 18.0 Å². The largest absolute Gasteiger partial charge is 0.355 e. The molecular weight excluding hydrogens is 384 g/mol. The molecule has 4 rings (SSSR count). The number of para-hydroxylation sites is 2. The quantitative estimate of drug-likeness (QED) is 0.653. The summed E-state index contributed by atoms with van der Waals surface area (Å²) in [6, 6.07) is 17.4. The lowest BCUT2D eigenvalue weighted by Crippen LogP contribution is -2.36. The number of fused-ring (bicyclic) bond motifs is 1. The molecule has 0 radical (unpaired) electrons. The summed E-state index contributed by atoms with van der Waals surface area (Å²) in [5, 5.41) is 8.49. The number of benzene rings is 2. The molecule has 1 saturated heterocycles. The summed E-state index contributed by atoms with van der Waals surface area (Å²) < 4.78 is 26.6. The number of sulfone groups is 1. The summed E-state index contributed by atoms with van der Waals surface area (Å²) >= 11 is 0. The molecule has 6 nitrogen and oxygen atoms in total. The molecule has 0 bridgehead atoms. The maximum absolute atomic E-state index is 13.3. The molecule has 2 heterocycles. The van der Waals surface area contributed by atoms with Gasteiger partial charge in [0.2, 0.25) is 9.84 Å². The van der Waals surface area contributed by atoms with Crippen molar-refractivity contribution in [3.05, 3.63) is 60.3 Å². The molecule has 1 aliphatic heterocycles. The Bertz CT molecular complexity index is 1170. The molecule has 148 valence electrons. The van der Waals surface area contributed by atoms with Crippen LogP contribution < -0.4 is 4.90 Å². The van der Waals surface area contributed by atoms with Crippen molar-refractivity contribution in [3.8, 4) is 6.07 Å². The second-order valence-corrected chi connectivity index (χ2v) is 9.51. The van der Waals surface area contributed by atoms with E-state index < -0.39 is 15.1 Å². The zero-order chi connectivity index (χ0) is 20.4. The van der Waals surface area contributed by atoms with Crippen LogP contribution in [0.4, 0.5) is 5.82 Å². The Kier molecular flexibility index (Phi) is 5.20. The molecule has 1 fully saturated rings. The van der Waals surface area contributed by atoms with E-state index in [-0.39, 0.29) is 10.6 Å². The highest BCUT2D eigenvalue weighted by atomic mass is 32.2. The van der Waals surface area contributed by atoms with E-state index in [1.807, 2.05) is 24.3 Å². The predicted molar refractivity (Wildman–Crippen MR) is 112 cm³/mol. The van der Waals surface area contributed by atoms with E-state index in [0.29, 0.717) is 22.8 Å². The van der Waals surface area contributed by atoms with Crippen LogP contribution >= 0.6 is 0 Å².